The van der Waals surface area contributed by atoms with Gasteiger partial charge in [0.1, 0.15) is 5.75 Å². The molecule has 1 unspecified atom stereocenters. The average molecular weight is 411 g/mol. The van der Waals surface area contributed by atoms with Crippen molar-refractivity contribution in [3.05, 3.63) is 29.8 Å². The molecule has 1 aromatic rings. The predicted octanol–water partition coefficient (Wildman–Crippen LogP) is 8.49. The Hall–Kier alpha value is -1.19. The molecule has 0 N–H and O–H groups in total. The van der Waals surface area contributed by atoms with E-state index in [2.05, 4.69) is 18.6 Å². The summed E-state index contributed by atoms with van der Waals surface area (Å²) in [5.74, 6) is 3.93. The van der Waals surface area contributed by atoms with Crippen LogP contribution < -0.4 is 4.74 Å². The van der Waals surface area contributed by atoms with Gasteiger partial charge in [0.15, 0.2) is 0 Å². The van der Waals surface area contributed by atoms with Gasteiger partial charge in [0, 0.05) is 0 Å². The van der Waals surface area contributed by atoms with Crippen molar-refractivity contribution in [3.8, 4) is 5.75 Å². The highest BCUT2D eigenvalue weighted by Gasteiger charge is 2.33. The van der Waals surface area contributed by atoms with Gasteiger partial charge >= 0.3 is 6.36 Å². The first-order chi connectivity index (χ1) is 13.9. The molecule has 4 heteroatoms. The monoisotopic (exact) mass is 410 g/mol. The largest absolute Gasteiger partial charge is 0.573 e. The third-order valence-electron chi connectivity index (χ3n) is 7.66. The van der Waals surface area contributed by atoms with Crippen LogP contribution in [-0.4, -0.2) is 6.36 Å². The lowest BCUT2D eigenvalue weighted by atomic mass is 9.66. The Morgan fingerprint density at radius 1 is 0.897 bits per heavy atom. The third-order valence-corrected chi connectivity index (χ3v) is 7.66. The predicted molar refractivity (Wildman–Crippen MR) is 112 cm³/mol. The summed E-state index contributed by atoms with van der Waals surface area (Å²) in [4.78, 5) is 0. The first-order valence-corrected chi connectivity index (χ1v) is 11.7. The Balaban J connectivity index is 1.43. The summed E-state index contributed by atoms with van der Waals surface area (Å²) in [7, 11) is 0. The molecule has 0 radical (unpaired) electrons. The minimum absolute atomic E-state index is 0.125. The Morgan fingerprint density at radius 3 is 1.97 bits per heavy atom. The van der Waals surface area contributed by atoms with E-state index in [-0.39, 0.29) is 5.75 Å². The van der Waals surface area contributed by atoms with Crippen LogP contribution >= 0.6 is 0 Å². The van der Waals surface area contributed by atoms with Gasteiger partial charge in [-0.05, 0) is 98.7 Å². The lowest BCUT2D eigenvalue weighted by molar-refractivity contribution is -0.274. The SMILES string of the molecule is CCCCC(C)C1CCC(C2CCC(c3ccc(OC(F)(F)F)cc3)CC2)CC1. The van der Waals surface area contributed by atoms with Crippen LogP contribution in [0.4, 0.5) is 13.2 Å². The molecule has 2 aliphatic rings. The van der Waals surface area contributed by atoms with Crippen molar-refractivity contribution in [2.45, 2.75) is 96.8 Å². The van der Waals surface area contributed by atoms with Gasteiger partial charge in [-0.15, -0.1) is 13.2 Å². The van der Waals surface area contributed by atoms with Gasteiger partial charge < -0.3 is 4.74 Å². The van der Waals surface area contributed by atoms with Crippen molar-refractivity contribution in [2.75, 3.05) is 0 Å². The van der Waals surface area contributed by atoms with Gasteiger partial charge in [0.25, 0.3) is 0 Å². The van der Waals surface area contributed by atoms with E-state index in [0.29, 0.717) is 5.92 Å². The van der Waals surface area contributed by atoms with E-state index in [9.17, 15) is 13.2 Å². The average Bonchev–Trinajstić information content (AvgIpc) is 2.72. The van der Waals surface area contributed by atoms with Crippen LogP contribution in [0.1, 0.15) is 96.0 Å². The van der Waals surface area contributed by atoms with E-state index < -0.39 is 6.36 Å². The molecule has 2 aliphatic carbocycles. The minimum Gasteiger partial charge on any atom is -0.406 e. The first-order valence-electron chi connectivity index (χ1n) is 11.7. The van der Waals surface area contributed by atoms with Crippen molar-refractivity contribution >= 4 is 0 Å². The summed E-state index contributed by atoms with van der Waals surface area (Å²) in [6.07, 6.45) is 9.95. The number of rotatable bonds is 7. The Morgan fingerprint density at radius 2 is 1.45 bits per heavy atom. The standard InChI is InChI=1S/C25H37F3O/c1-3-4-5-18(2)19-6-8-20(9-7-19)21-10-12-22(13-11-21)23-14-16-24(17-15-23)29-25(26,27)28/h14-22H,3-13H2,1-2H3. The summed E-state index contributed by atoms with van der Waals surface area (Å²) in [6.45, 7) is 4.74. The smallest absolute Gasteiger partial charge is 0.406 e. The number of halogens is 3. The molecule has 0 aromatic heterocycles. The molecule has 0 bridgehead atoms. The van der Waals surface area contributed by atoms with Crippen LogP contribution in [0, 0.1) is 23.7 Å². The molecule has 164 valence electrons. The summed E-state index contributed by atoms with van der Waals surface area (Å²) in [5.41, 5.74) is 1.16. The number of ether oxygens (including phenoxy) is 1. The number of hydrogen-bond donors (Lipinski definition) is 0. The van der Waals surface area contributed by atoms with Crippen molar-refractivity contribution in [1.29, 1.82) is 0 Å². The highest BCUT2D eigenvalue weighted by atomic mass is 19.4. The molecule has 3 rings (SSSR count). The fourth-order valence-corrected chi connectivity index (χ4v) is 5.81. The molecule has 1 atom stereocenters. The van der Waals surface area contributed by atoms with Gasteiger partial charge in [-0.3, -0.25) is 0 Å². The zero-order valence-electron chi connectivity index (χ0n) is 18.0. The summed E-state index contributed by atoms with van der Waals surface area (Å²) in [5, 5.41) is 0. The molecule has 29 heavy (non-hydrogen) atoms. The topological polar surface area (TPSA) is 9.23 Å². The third kappa shape index (κ3) is 6.65. The second kappa shape index (κ2) is 10.2. The fraction of sp³-hybridized carbons (Fsp3) is 0.760. The Bertz CT molecular complexity index is 593. The van der Waals surface area contributed by atoms with Crippen LogP contribution in [0.2, 0.25) is 0 Å². The fourth-order valence-electron chi connectivity index (χ4n) is 5.81. The van der Waals surface area contributed by atoms with Gasteiger partial charge in [-0.1, -0.05) is 45.2 Å². The molecule has 1 aromatic carbocycles. The zero-order valence-corrected chi connectivity index (χ0v) is 18.0. The van der Waals surface area contributed by atoms with E-state index >= 15 is 0 Å². The van der Waals surface area contributed by atoms with E-state index in [1.54, 1.807) is 0 Å². The van der Waals surface area contributed by atoms with Crippen molar-refractivity contribution in [2.24, 2.45) is 23.7 Å². The highest BCUT2D eigenvalue weighted by Crippen LogP contribution is 2.45. The summed E-state index contributed by atoms with van der Waals surface area (Å²) < 4.78 is 40.9. The lowest BCUT2D eigenvalue weighted by Gasteiger charge is -2.39. The van der Waals surface area contributed by atoms with Crippen LogP contribution in [0.5, 0.6) is 5.75 Å². The maximum Gasteiger partial charge on any atom is 0.573 e. The molecule has 1 nitrogen and oxygen atoms in total. The van der Waals surface area contributed by atoms with Gasteiger partial charge in [-0.2, -0.15) is 0 Å². The number of hydrogen-bond acceptors (Lipinski definition) is 1. The summed E-state index contributed by atoms with van der Waals surface area (Å²) >= 11 is 0. The maximum atomic E-state index is 12.3. The Labute approximate surface area is 174 Å². The van der Waals surface area contributed by atoms with Gasteiger partial charge in [-0.25, -0.2) is 0 Å². The molecule has 0 saturated heterocycles. The Kier molecular flexibility index (Phi) is 7.92. The van der Waals surface area contributed by atoms with Gasteiger partial charge in [0.05, 0.1) is 0 Å². The van der Waals surface area contributed by atoms with E-state index in [1.165, 1.54) is 69.9 Å². The summed E-state index contributed by atoms with van der Waals surface area (Å²) in [6, 6.07) is 6.54. The first kappa shape index (κ1) is 22.5. The number of alkyl halides is 3. The molecular weight excluding hydrogens is 373 g/mol. The highest BCUT2D eigenvalue weighted by molar-refractivity contribution is 5.29. The van der Waals surface area contributed by atoms with Crippen molar-refractivity contribution in [1.82, 2.24) is 0 Å². The molecule has 2 fully saturated rings. The minimum atomic E-state index is -4.62. The normalized spacial score (nSPS) is 29.4. The van der Waals surface area contributed by atoms with Gasteiger partial charge in [0.2, 0.25) is 0 Å². The van der Waals surface area contributed by atoms with Crippen LogP contribution in [-0.2, 0) is 0 Å². The van der Waals surface area contributed by atoms with Crippen molar-refractivity contribution < 1.29 is 17.9 Å². The second-order valence-electron chi connectivity index (χ2n) is 9.52. The van der Waals surface area contributed by atoms with Crippen LogP contribution in [0.15, 0.2) is 24.3 Å². The lowest BCUT2D eigenvalue weighted by Crippen LogP contribution is -2.27. The molecule has 0 spiro atoms. The van der Waals surface area contributed by atoms with Crippen LogP contribution in [0.3, 0.4) is 0 Å². The molecule has 0 aliphatic heterocycles. The van der Waals surface area contributed by atoms with Crippen LogP contribution in [0.25, 0.3) is 0 Å². The number of benzene rings is 1. The quantitative estimate of drug-likeness (QED) is 0.438. The second-order valence-corrected chi connectivity index (χ2v) is 9.52. The van der Waals surface area contributed by atoms with E-state index in [0.717, 1.165) is 42.1 Å². The van der Waals surface area contributed by atoms with E-state index in [4.69, 9.17) is 0 Å². The zero-order chi connectivity index (χ0) is 20.9. The molecule has 0 heterocycles. The number of unbranched alkanes of at least 4 members (excludes halogenated alkanes) is 1. The maximum absolute atomic E-state index is 12.3. The van der Waals surface area contributed by atoms with E-state index in [1.807, 2.05) is 12.1 Å². The molecule has 2 saturated carbocycles. The molecule has 0 amide bonds. The molecular formula is C25H37F3O. The van der Waals surface area contributed by atoms with Crippen molar-refractivity contribution in [3.63, 3.8) is 0 Å².